The summed E-state index contributed by atoms with van der Waals surface area (Å²) in [5.74, 6) is 0.604. The lowest BCUT2D eigenvalue weighted by atomic mass is 10.2. The number of nitrogen functional groups attached to an aromatic ring is 1. The maximum Gasteiger partial charge on any atom is 0.228 e. The van der Waals surface area contributed by atoms with Crippen LogP contribution in [0.25, 0.3) is 0 Å². The molecule has 1 rings (SSSR count). The Morgan fingerprint density at radius 2 is 2.00 bits per heavy atom. The molecule has 1 amide bonds. The first-order chi connectivity index (χ1) is 9.96. The minimum Gasteiger partial charge on any atom is -0.375 e. The van der Waals surface area contributed by atoms with Crippen molar-refractivity contribution in [3.05, 3.63) is 11.1 Å². The van der Waals surface area contributed by atoms with E-state index in [-0.39, 0.29) is 5.91 Å². The molecule has 0 atom stereocenters. The Bertz CT molecular complexity index is 429. The number of carbonyl (C=O) groups is 1. The Kier molecular flexibility index (Phi) is 7.67. The average molecular weight is 312 g/mol. The molecule has 1 aromatic rings. The van der Waals surface area contributed by atoms with Crippen molar-refractivity contribution in [1.82, 2.24) is 14.8 Å². The monoisotopic (exact) mass is 312 g/mol. The molecule has 0 bridgehead atoms. The van der Waals surface area contributed by atoms with E-state index in [0.717, 1.165) is 38.4 Å². The molecule has 0 aliphatic carbocycles. The van der Waals surface area contributed by atoms with Crippen LogP contribution >= 0.6 is 11.3 Å². The molecule has 0 fully saturated rings. The molecular formula is C15H28N4OS. The van der Waals surface area contributed by atoms with Gasteiger partial charge in [0.05, 0.1) is 12.1 Å². The lowest BCUT2D eigenvalue weighted by molar-refractivity contribution is -0.131. The van der Waals surface area contributed by atoms with Crippen LogP contribution in [0.5, 0.6) is 0 Å². The van der Waals surface area contributed by atoms with Crippen LogP contribution in [0.15, 0.2) is 5.38 Å². The minimum absolute atomic E-state index is 0.140. The molecule has 6 heteroatoms. The minimum atomic E-state index is 0.140. The summed E-state index contributed by atoms with van der Waals surface area (Å²) in [4.78, 5) is 20.9. The van der Waals surface area contributed by atoms with Crippen LogP contribution < -0.4 is 5.73 Å². The molecule has 0 aromatic carbocycles. The number of nitrogens with zero attached hydrogens (tertiary/aromatic N) is 3. The maximum absolute atomic E-state index is 12.5. The van der Waals surface area contributed by atoms with Crippen molar-refractivity contribution in [3.63, 3.8) is 0 Å². The highest BCUT2D eigenvalue weighted by Gasteiger charge is 2.17. The van der Waals surface area contributed by atoms with Crippen molar-refractivity contribution in [3.8, 4) is 0 Å². The second kappa shape index (κ2) is 9.00. The van der Waals surface area contributed by atoms with Gasteiger partial charge in [0.1, 0.15) is 0 Å². The first-order valence-electron chi connectivity index (χ1n) is 7.66. The average Bonchev–Trinajstić information content (AvgIpc) is 2.83. The summed E-state index contributed by atoms with van der Waals surface area (Å²) in [6.07, 6.45) is 0.346. The van der Waals surface area contributed by atoms with Gasteiger partial charge in [0.15, 0.2) is 5.13 Å². The predicted molar refractivity (Wildman–Crippen MR) is 89.4 cm³/mol. The molecule has 0 spiro atoms. The predicted octanol–water partition coefficient (Wildman–Crippen LogP) is 2.09. The van der Waals surface area contributed by atoms with Crippen molar-refractivity contribution >= 4 is 22.4 Å². The number of likely N-dealkylation sites (N-methyl/N-ethyl adjacent to an activating group) is 1. The van der Waals surface area contributed by atoms with Gasteiger partial charge < -0.3 is 15.5 Å². The van der Waals surface area contributed by atoms with E-state index in [4.69, 9.17) is 5.73 Å². The molecule has 5 nitrogen and oxygen atoms in total. The molecule has 0 saturated heterocycles. The van der Waals surface area contributed by atoms with E-state index in [2.05, 4.69) is 37.6 Å². The van der Waals surface area contributed by atoms with Crippen LogP contribution in [-0.2, 0) is 11.2 Å². The van der Waals surface area contributed by atoms with Gasteiger partial charge in [0.25, 0.3) is 0 Å². The van der Waals surface area contributed by atoms with E-state index in [9.17, 15) is 4.79 Å². The lowest BCUT2D eigenvalue weighted by Crippen LogP contribution is -2.41. The summed E-state index contributed by atoms with van der Waals surface area (Å²) < 4.78 is 0. The molecular weight excluding hydrogens is 284 g/mol. The zero-order valence-corrected chi connectivity index (χ0v) is 14.4. The Morgan fingerprint density at radius 3 is 2.48 bits per heavy atom. The first-order valence-corrected chi connectivity index (χ1v) is 8.54. The summed E-state index contributed by atoms with van der Waals surface area (Å²) in [5, 5.41) is 2.39. The number of carbonyl (C=O) groups excluding carboxylic acids is 1. The fourth-order valence-corrected chi connectivity index (χ4v) is 2.79. The van der Waals surface area contributed by atoms with Gasteiger partial charge in [-0.2, -0.15) is 0 Å². The lowest BCUT2D eigenvalue weighted by Gasteiger charge is -2.27. The molecule has 0 radical (unpaired) electrons. The fraction of sp³-hybridized carbons (Fsp3) is 0.733. The third-order valence-corrected chi connectivity index (χ3v) is 4.14. The van der Waals surface area contributed by atoms with Gasteiger partial charge in [-0.3, -0.25) is 4.79 Å². The molecule has 0 unspecified atom stereocenters. The van der Waals surface area contributed by atoms with Gasteiger partial charge in [-0.25, -0.2) is 4.98 Å². The molecule has 0 aliphatic heterocycles. The summed E-state index contributed by atoms with van der Waals surface area (Å²) in [6, 6.07) is 0. The Hall–Kier alpha value is -1.14. The zero-order valence-electron chi connectivity index (χ0n) is 13.6. The van der Waals surface area contributed by atoms with Crippen molar-refractivity contribution in [2.75, 3.05) is 38.5 Å². The van der Waals surface area contributed by atoms with E-state index in [1.54, 1.807) is 0 Å². The second-order valence-electron chi connectivity index (χ2n) is 5.61. The van der Waals surface area contributed by atoms with Gasteiger partial charge in [-0.1, -0.05) is 27.7 Å². The fourth-order valence-electron chi connectivity index (χ4n) is 2.23. The SMILES string of the molecule is CCN(CC)CCN(CC(C)C)C(=O)Cc1csc(N)n1. The number of rotatable bonds is 9. The quantitative estimate of drug-likeness (QED) is 0.758. The highest BCUT2D eigenvalue weighted by molar-refractivity contribution is 7.13. The maximum atomic E-state index is 12.5. The van der Waals surface area contributed by atoms with E-state index < -0.39 is 0 Å². The molecule has 2 N–H and O–H groups in total. The number of nitrogens with two attached hydrogens (primary N) is 1. The molecule has 21 heavy (non-hydrogen) atoms. The highest BCUT2D eigenvalue weighted by Crippen LogP contribution is 2.13. The van der Waals surface area contributed by atoms with Crippen molar-refractivity contribution in [2.45, 2.75) is 34.1 Å². The summed E-state index contributed by atoms with van der Waals surface area (Å²) in [6.45, 7) is 13.1. The van der Waals surface area contributed by atoms with Crippen molar-refractivity contribution in [1.29, 1.82) is 0 Å². The van der Waals surface area contributed by atoms with Crippen LogP contribution in [0.2, 0.25) is 0 Å². The number of hydrogen-bond acceptors (Lipinski definition) is 5. The van der Waals surface area contributed by atoms with Crippen molar-refractivity contribution < 1.29 is 4.79 Å². The van der Waals surface area contributed by atoms with Gasteiger partial charge >= 0.3 is 0 Å². The molecule has 1 heterocycles. The van der Waals surface area contributed by atoms with E-state index in [1.807, 2.05) is 10.3 Å². The molecule has 120 valence electrons. The summed E-state index contributed by atoms with van der Waals surface area (Å²) in [7, 11) is 0. The Balaban J connectivity index is 2.60. The third kappa shape index (κ3) is 6.44. The largest absolute Gasteiger partial charge is 0.375 e. The normalized spacial score (nSPS) is 11.3. The molecule has 0 aliphatic rings. The van der Waals surface area contributed by atoms with E-state index in [1.165, 1.54) is 11.3 Å². The van der Waals surface area contributed by atoms with Crippen LogP contribution in [0.4, 0.5) is 5.13 Å². The van der Waals surface area contributed by atoms with Gasteiger partial charge in [0.2, 0.25) is 5.91 Å². The number of hydrogen-bond donors (Lipinski definition) is 1. The number of aromatic nitrogens is 1. The Morgan fingerprint density at radius 1 is 1.33 bits per heavy atom. The van der Waals surface area contributed by atoms with Gasteiger partial charge in [0, 0.05) is 25.0 Å². The van der Waals surface area contributed by atoms with Crippen LogP contribution in [0.3, 0.4) is 0 Å². The number of anilines is 1. The van der Waals surface area contributed by atoms with Crippen LogP contribution in [0, 0.1) is 5.92 Å². The third-order valence-electron chi connectivity index (χ3n) is 3.42. The summed E-state index contributed by atoms with van der Waals surface area (Å²) >= 11 is 1.39. The number of thiazole rings is 1. The van der Waals surface area contributed by atoms with E-state index in [0.29, 0.717) is 17.5 Å². The van der Waals surface area contributed by atoms with E-state index >= 15 is 0 Å². The smallest absolute Gasteiger partial charge is 0.228 e. The zero-order chi connectivity index (χ0) is 15.8. The van der Waals surface area contributed by atoms with Crippen molar-refractivity contribution in [2.24, 2.45) is 5.92 Å². The van der Waals surface area contributed by atoms with Crippen LogP contribution in [-0.4, -0.2) is 53.4 Å². The topological polar surface area (TPSA) is 62.5 Å². The van der Waals surface area contributed by atoms with Crippen LogP contribution in [0.1, 0.15) is 33.4 Å². The Labute approximate surface area is 132 Å². The highest BCUT2D eigenvalue weighted by atomic mass is 32.1. The second-order valence-corrected chi connectivity index (χ2v) is 6.50. The summed E-state index contributed by atoms with van der Waals surface area (Å²) in [5.41, 5.74) is 6.40. The molecule has 1 aromatic heterocycles. The number of amides is 1. The first kappa shape index (κ1) is 17.9. The van der Waals surface area contributed by atoms with Gasteiger partial charge in [-0.05, 0) is 19.0 Å². The van der Waals surface area contributed by atoms with Gasteiger partial charge in [-0.15, -0.1) is 11.3 Å². The standard InChI is InChI=1S/C15H28N4OS/c1-5-18(6-2)7-8-19(10-12(3)4)14(20)9-13-11-21-15(16)17-13/h11-12H,5-10H2,1-4H3,(H2,16,17). The molecule has 0 saturated carbocycles.